The predicted octanol–water partition coefficient (Wildman–Crippen LogP) is 2.31. The monoisotopic (exact) mass is 312 g/mol. The second-order valence-electron chi connectivity index (χ2n) is 4.09. The van der Waals surface area contributed by atoms with Gasteiger partial charge in [0.25, 0.3) is 5.72 Å². The third-order valence-electron chi connectivity index (χ3n) is 2.56. The highest BCUT2D eigenvalue weighted by Crippen LogP contribution is 2.39. The number of hydrogen-bond donors (Lipinski definition) is 3. The molecule has 0 aliphatic rings. The molecule has 114 valence electrons. The zero-order valence-electron chi connectivity index (χ0n) is 10.7. The van der Waals surface area contributed by atoms with Gasteiger partial charge in [-0.05, 0) is 12.5 Å². The summed E-state index contributed by atoms with van der Waals surface area (Å²) in [4.78, 5) is 11.4. The first-order valence-corrected chi connectivity index (χ1v) is 5.67. The van der Waals surface area contributed by atoms with Gasteiger partial charge in [-0.25, -0.2) is 0 Å². The lowest BCUT2D eigenvalue weighted by Gasteiger charge is -2.32. The van der Waals surface area contributed by atoms with Crippen molar-refractivity contribution in [3.05, 3.63) is 29.8 Å². The average molecular weight is 313 g/mol. The summed E-state index contributed by atoms with van der Waals surface area (Å²) in [6, 6.07) is 4.98. The first-order chi connectivity index (χ1) is 8.72. The van der Waals surface area contributed by atoms with E-state index in [9.17, 15) is 23.1 Å². The van der Waals surface area contributed by atoms with E-state index in [4.69, 9.17) is 5.73 Å². The van der Waals surface area contributed by atoms with Crippen molar-refractivity contribution >= 4 is 24.0 Å². The van der Waals surface area contributed by atoms with E-state index >= 15 is 0 Å². The maximum atomic E-state index is 13.1. The first-order valence-electron chi connectivity index (χ1n) is 5.67. The van der Waals surface area contributed by atoms with Crippen molar-refractivity contribution in [2.24, 2.45) is 0 Å². The number of nitrogen functional groups attached to an aromatic ring is 1. The van der Waals surface area contributed by atoms with Gasteiger partial charge in [-0.15, -0.1) is 12.4 Å². The molecule has 1 atom stereocenters. The fourth-order valence-electron chi connectivity index (χ4n) is 1.61. The zero-order valence-corrected chi connectivity index (χ0v) is 11.5. The molecule has 0 aromatic heterocycles. The number of anilines is 1. The molecule has 4 nitrogen and oxygen atoms in total. The van der Waals surface area contributed by atoms with Gasteiger partial charge < -0.3 is 16.2 Å². The van der Waals surface area contributed by atoms with E-state index < -0.39 is 23.4 Å². The lowest BCUT2D eigenvalue weighted by atomic mass is 9.99. The molecule has 0 saturated carbocycles. The van der Waals surface area contributed by atoms with Crippen molar-refractivity contribution in [1.29, 1.82) is 0 Å². The first kappa shape index (κ1) is 18.5. The third kappa shape index (κ3) is 3.77. The number of aliphatic hydroxyl groups is 1. The Labute approximate surface area is 120 Å². The molecule has 0 fully saturated rings. The maximum Gasteiger partial charge on any atom is 0.441 e. The van der Waals surface area contributed by atoms with Crippen LogP contribution in [0.4, 0.5) is 18.9 Å². The molecule has 1 rings (SSSR count). The summed E-state index contributed by atoms with van der Waals surface area (Å²) in [5.41, 5.74) is 1.12. The van der Waals surface area contributed by atoms with Gasteiger partial charge in [0.05, 0.1) is 0 Å². The average Bonchev–Trinajstić information content (AvgIpc) is 2.28. The molecule has 0 radical (unpaired) electrons. The van der Waals surface area contributed by atoms with Crippen LogP contribution >= 0.6 is 12.4 Å². The molecule has 0 aliphatic carbocycles. The number of hydrogen-bond acceptors (Lipinski definition) is 3. The molecule has 8 heteroatoms. The van der Waals surface area contributed by atoms with E-state index in [2.05, 4.69) is 0 Å². The number of alkyl halides is 3. The molecule has 0 saturated heterocycles. The molecule has 0 aliphatic heterocycles. The van der Waals surface area contributed by atoms with Crippen LogP contribution in [-0.4, -0.2) is 17.2 Å². The van der Waals surface area contributed by atoms with Gasteiger partial charge in [0.15, 0.2) is 0 Å². The second-order valence-corrected chi connectivity index (χ2v) is 4.09. The van der Waals surface area contributed by atoms with E-state index in [0.717, 1.165) is 6.07 Å². The van der Waals surface area contributed by atoms with Crippen molar-refractivity contribution < 1.29 is 23.1 Å². The predicted molar refractivity (Wildman–Crippen MR) is 71.1 cm³/mol. The minimum absolute atomic E-state index is 0. The Morgan fingerprint density at radius 1 is 1.35 bits per heavy atom. The van der Waals surface area contributed by atoms with Gasteiger partial charge in [-0.2, -0.15) is 13.2 Å². The minimum atomic E-state index is -5.08. The Morgan fingerprint density at radius 3 is 2.35 bits per heavy atom. The van der Waals surface area contributed by atoms with Gasteiger partial charge in [0, 0.05) is 17.7 Å². The number of carbonyl (C=O) groups is 1. The molecule has 0 heterocycles. The number of rotatable bonds is 4. The van der Waals surface area contributed by atoms with E-state index in [0.29, 0.717) is 6.42 Å². The molecular formula is C12H16ClF3N2O2. The Morgan fingerprint density at radius 2 is 1.90 bits per heavy atom. The lowest BCUT2D eigenvalue weighted by Crippen LogP contribution is -2.56. The molecule has 0 spiro atoms. The molecular weight excluding hydrogens is 297 g/mol. The Bertz CT molecular complexity index is 468. The van der Waals surface area contributed by atoms with E-state index in [1.54, 1.807) is 12.2 Å². The van der Waals surface area contributed by atoms with Crippen molar-refractivity contribution in [1.82, 2.24) is 5.32 Å². The van der Waals surface area contributed by atoms with Gasteiger partial charge in [-0.3, -0.25) is 4.79 Å². The highest BCUT2D eigenvalue weighted by atomic mass is 35.5. The normalized spacial score (nSPS) is 14.1. The van der Waals surface area contributed by atoms with Crippen LogP contribution in [0, 0.1) is 0 Å². The quantitative estimate of drug-likeness (QED) is 0.590. The number of carbonyl (C=O) groups excluding carboxylic acids is 1. The highest BCUT2D eigenvalue weighted by molar-refractivity contribution is 5.85. The second kappa shape index (κ2) is 6.81. The topological polar surface area (TPSA) is 75.3 Å². The molecule has 0 bridgehead atoms. The SMILES string of the molecule is CCCC(=O)N[C@](O)(c1ccccc1N)C(F)(F)F.Cl. The van der Waals surface area contributed by atoms with Crippen molar-refractivity contribution in [3.63, 3.8) is 0 Å². The molecule has 1 amide bonds. The van der Waals surface area contributed by atoms with Crippen LogP contribution in [0.3, 0.4) is 0 Å². The number of nitrogens with one attached hydrogen (secondary N) is 1. The van der Waals surface area contributed by atoms with E-state index in [-0.39, 0.29) is 24.5 Å². The third-order valence-corrected chi connectivity index (χ3v) is 2.56. The number of benzene rings is 1. The Kier molecular flexibility index (Phi) is 6.31. The molecule has 4 N–H and O–H groups in total. The molecule has 1 aromatic rings. The molecule has 1 aromatic carbocycles. The summed E-state index contributed by atoms with van der Waals surface area (Å²) in [6.45, 7) is 1.64. The van der Waals surface area contributed by atoms with Crippen molar-refractivity contribution in [3.8, 4) is 0 Å². The maximum absolute atomic E-state index is 13.1. The summed E-state index contributed by atoms with van der Waals surface area (Å²) in [5.74, 6) is -0.898. The minimum Gasteiger partial charge on any atom is -0.398 e. The van der Waals surface area contributed by atoms with Crippen LogP contribution in [0.15, 0.2) is 24.3 Å². The van der Waals surface area contributed by atoms with Gasteiger partial charge in [-0.1, -0.05) is 25.1 Å². The Balaban J connectivity index is 0.00000361. The standard InChI is InChI=1S/C12H15F3N2O2.ClH/c1-2-5-10(18)17-11(19,12(13,14)15)8-6-3-4-7-9(8)16;/h3-4,6-7,19H,2,5,16H2,1H3,(H,17,18);1H/t11-;/m0./s1. The van der Waals surface area contributed by atoms with Crippen LogP contribution in [-0.2, 0) is 10.5 Å². The highest BCUT2D eigenvalue weighted by Gasteiger charge is 2.57. The number of halogens is 4. The summed E-state index contributed by atoms with van der Waals surface area (Å²) < 4.78 is 39.2. The van der Waals surface area contributed by atoms with Gasteiger partial charge in [0.2, 0.25) is 5.91 Å². The summed E-state index contributed by atoms with van der Waals surface area (Å²) in [6.07, 6.45) is -4.83. The molecule has 20 heavy (non-hydrogen) atoms. The fraction of sp³-hybridized carbons (Fsp3) is 0.417. The van der Waals surface area contributed by atoms with Crippen LogP contribution in [0.1, 0.15) is 25.3 Å². The summed E-state index contributed by atoms with van der Waals surface area (Å²) in [5, 5.41) is 11.5. The summed E-state index contributed by atoms with van der Waals surface area (Å²) >= 11 is 0. The zero-order chi connectivity index (χ0) is 14.7. The Hall–Kier alpha value is -1.47. The fourth-order valence-corrected chi connectivity index (χ4v) is 1.61. The van der Waals surface area contributed by atoms with E-state index in [1.165, 1.54) is 18.2 Å². The number of para-hydroxylation sites is 1. The lowest BCUT2D eigenvalue weighted by molar-refractivity contribution is -0.277. The van der Waals surface area contributed by atoms with Gasteiger partial charge >= 0.3 is 6.18 Å². The van der Waals surface area contributed by atoms with Crippen LogP contribution in [0.5, 0.6) is 0 Å². The van der Waals surface area contributed by atoms with Crippen LogP contribution < -0.4 is 11.1 Å². The largest absolute Gasteiger partial charge is 0.441 e. The van der Waals surface area contributed by atoms with Crippen molar-refractivity contribution in [2.75, 3.05) is 5.73 Å². The smallest absolute Gasteiger partial charge is 0.398 e. The van der Waals surface area contributed by atoms with E-state index in [1.807, 2.05) is 0 Å². The number of nitrogens with two attached hydrogens (primary N) is 1. The van der Waals surface area contributed by atoms with Crippen molar-refractivity contribution in [2.45, 2.75) is 31.7 Å². The van der Waals surface area contributed by atoms with Crippen LogP contribution in [0.25, 0.3) is 0 Å². The van der Waals surface area contributed by atoms with Crippen LogP contribution in [0.2, 0.25) is 0 Å². The van der Waals surface area contributed by atoms with Gasteiger partial charge in [0.1, 0.15) is 0 Å². The number of amides is 1. The molecule has 0 unspecified atom stereocenters. The summed E-state index contributed by atoms with van der Waals surface area (Å²) in [7, 11) is 0.